The third kappa shape index (κ3) is 3.68. The van der Waals surface area contributed by atoms with Crippen LogP contribution in [0.5, 0.6) is 0 Å². The van der Waals surface area contributed by atoms with Gasteiger partial charge in [-0.05, 0) is 30.1 Å². The maximum Gasteiger partial charge on any atom is 0.0540 e. The standard InChI is InChI=1S/C12H26O/c1-8(9(2)11(4)13)10(3)12(5,6)7/h8-11,13H,1-7H3/t8-,9+,10-,11-/m0/s1. The van der Waals surface area contributed by atoms with Crippen LogP contribution in [0.25, 0.3) is 0 Å². The molecule has 0 heterocycles. The second-order valence-electron chi connectivity index (χ2n) is 5.61. The minimum atomic E-state index is -0.195. The predicted molar refractivity (Wildman–Crippen MR) is 58.6 cm³/mol. The lowest BCUT2D eigenvalue weighted by Gasteiger charge is -2.36. The van der Waals surface area contributed by atoms with Crippen molar-refractivity contribution in [1.29, 1.82) is 0 Å². The van der Waals surface area contributed by atoms with Gasteiger partial charge in [0.1, 0.15) is 0 Å². The van der Waals surface area contributed by atoms with Gasteiger partial charge in [-0.25, -0.2) is 0 Å². The van der Waals surface area contributed by atoms with Crippen molar-refractivity contribution < 1.29 is 5.11 Å². The normalized spacial score (nSPS) is 22.2. The highest BCUT2D eigenvalue weighted by molar-refractivity contribution is 4.79. The molecule has 0 aliphatic heterocycles. The molecule has 1 N–H and O–H groups in total. The van der Waals surface area contributed by atoms with E-state index in [9.17, 15) is 5.11 Å². The molecule has 0 aromatic carbocycles. The first-order chi connectivity index (χ1) is 5.68. The first-order valence-electron chi connectivity index (χ1n) is 5.36. The third-order valence-electron chi connectivity index (χ3n) is 3.74. The smallest absolute Gasteiger partial charge is 0.0540 e. The number of aliphatic hydroxyl groups excluding tert-OH is 1. The molecule has 0 aromatic rings. The summed E-state index contributed by atoms with van der Waals surface area (Å²) < 4.78 is 0. The maximum absolute atomic E-state index is 9.51. The molecule has 0 aliphatic carbocycles. The summed E-state index contributed by atoms with van der Waals surface area (Å²) in [5.41, 5.74) is 0.336. The molecule has 0 aliphatic rings. The molecule has 13 heavy (non-hydrogen) atoms. The van der Waals surface area contributed by atoms with E-state index in [2.05, 4.69) is 41.5 Å². The van der Waals surface area contributed by atoms with Crippen molar-refractivity contribution in [3.63, 3.8) is 0 Å². The molecular formula is C12H26O. The van der Waals surface area contributed by atoms with E-state index in [1.807, 2.05) is 6.92 Å². The summed E-state index contributed by atoms with van der Waals surface area (Å²) in [7, 11) is 0. The molecule has 0 unspecified atom stereocenters. The van der Waals surface area contributed by atoms with E-state index in [4.69, 9.17) is 0 Å². The molecule has 0 aromatic heterocycles. The molecule has 0 amide bonds. The first kappa shape index (κ1) is 13.0. The topological polar surface area (TPSA) is 20.2 Å². The Hall–Kier alpha value is -0.0400. The van der Waals surface area contributed by atoms with Crippen LogP contribution in [0, 0.1) is 23.2 Å². The molecule has 1 heteroatoms. The van der Waals surface area contributed by atoms with Crippen LogP contribution in [0.3, 0.4) is 0 Å². The fraction of sp³-hybridized carbons (Fsp3) is 1.00. The number of rotatable bonds is 3. The highest BCUT2D eigenvalue weighted by Gasteiger charge is 2.30. The summed E-state index contributed by atoms with van der Waals surface area (Å²) in [6.07, 6.45) is -0.195. The molecule has 0 saturated heterocycles. The van der Waals surface area contributed by atoms with Gasteiger partial charge in [0.05, 0.1) is 6.10 Å². The zero-order chi connectivity index (χ0) is 10.8. The van der Waals surface area contributed by atoms with Crippen LogP contribution in [0.15, 0.2) is 0 Å². The molecule has 0 rings (SSSR count). The lowest BCUT2D eigenvalue weighted by Crippen LogP contribution is -2.32. The van der Waals surface area contributed by atoms with E-state index in [0.717, 1.165) is 0 Å². The Morgan fingerprint density at radius 1 is 0.846 bits per heavy atom. The van der Waals surface area contributed by atoms with Gasteiger partial charge in [0.2, 0.25) is 0 Å². The van der Waals surface area contributed by atoms with Gasteiger partial charge in [-0.1, -0.05) is 41.5 Å². The molecule has 0 fully saturated rings. The Morgan fingerprint density at radius 3 is 1.46 bits per heavy atom. The Kier molecular flexibility index (Phi) is 4.44. The van der Waals surface area contributed by atoms with Gasteiger partial charge in [0.25, 0.3) is 0 Å². The average Bonchev–Trinajstić information content (AvgIpc) is 1.98. The van der Waals surface area contributed by atoms with E-state index < -0.39 is 0 Å². The summed E-state index contributed by atoms with van der Waals surface area (Å²) in [4.78, 5) is 0. The van der Waals surface area contributed by atoms with Crippen LogP contribution in [0.4, 0.5) is 0 Å². The summed E-state index contributed by atoms with van der Waals surface area (Å²) in [6.45, 7) is 15.3. The summed E-state index contributed by atoms with van der Waals surface area (Å²) in [6, 6.07) is 0. The van der Waals surface area contributed by atoms with Crippen molar-refractivity contribution in [2.45, 2.75) is 54.6 Å². The molecule has 1 nitrogen and oxygen atoms in total. The Balaban J connectivity index is 4.34. The first-order valence-corrected chi connectivity index (χ1v) is 5.36. The van der Waals surface area contributed by atoms with Crippen molar-refractivity contribution in [2.24, 2.45) is 23.2 Å². The van der Waals surface area contributed by atoms with Crippen molar-refractivity contribution in [2.75, 3.05) is 0 Å². The summed E-state index contributed by atoms with van der Waals surface area (Å²) in [5.74, 6) is 1.59. The van der Waals surface area contributed by atoms with Crippen molar-refractivity contribution in [3.05, 3.63) is 0 Å². The van der Waals surface area contributed by atoms with Crippen molar-refractivity contribution in [1.82, 2.24) is 0 Å². The molecule has 80 valence electrons. The Labute approximate surface area is 83.5 Å². The van der Waals surface area contributed by atoms with Crippen molar-refractivity contribution in [3.8, 4) is 0 Å². The predicted octanol–water partition coefficient (Wildman–Crippen LogP) is 3.32. The molecule has 0 bridgehead atoms. The fourth-order valence-electron chi connectivity index (χ4n) is 1.68. The molecule has 0 spiro atoms. The van der Waals surface area contributed by atoms with Gasteiger partial charge in [0, 0.05) is 0 Å². The Bertz CT molecular complexity index is 144. The lowest BCUT2D eigenvalue weighted by atomic mass is 9.70. The summed E-state index contributed by atoms with van der Waals surface area (Å²) in [5, 5.41) is 9.51. The highest BCUT2D eigenvalue weighted by atomic mass is 16.3. The van der Waals surface area contributed by atoms with Gasteiger partial charge < -0.3 is 5.11 Å². The number of aliphatic hydroxyl groups is 1. The van der Waals surface area contributed by atoms with Gasteiger partial charge in [0.15, 0.2) is 0 Å². The van der Waals surface area contributed by atoms with Gasteiger partial charge >= 0.3 is 0 Å². The largest absolute Gasteiger partial charge is 0.393 e. The second kappa shape index (κ2) is 4.45. The third-order valence-corrected chi connectivity index (χ3v) is 3.74. The number of hydrogen-bond donors (Lipinski definition) is 1. The maximum atomic E-state index is 9.51. The van der Waals surface area contributed by atoms with E-state index in [-0.39, 0.29) is 6.10 Å². The van der Waals surface area contributed by atoms with Crippen LogP contribution in [-0.4, -0.2) is 11.2 Å². The van der Waals surface area contributed by atoms with Crippen molar-refractivity contribution >= 4 is 0 Å². The second-order valence-corrected chi connectivity index (χ2v) is 5.61. The molecule has 0 saturated carbocycles. The van der Waals surface area contributed by atoms with Crippen LogP contribution >= 0.6 is 0 Å². The average molecular weight is 186 g/mol. The highest BCUT2D eigenvalue weighted by Crippen LogP contribution is 2.36. The van der Waals surface area contributed by atoms with Crippen LogP contribution in [0.2, 0.25) is 0 Å². The van der Waals surface area contributed by atoms with Crippen LogP contribution < -0.4 is 0 Å². The van der Waals surface area contributed by atoms with Crippen LogP contribution in [-0.2, 0) is 0 Å². The molecule has 0 radical (unpaired) electrons. The van der Waals surface area contributed by atoms with Crippen LogP contribution in [0.1, 0.15) is 48.5 Å². The van der Waals surface area contributed by atoms with Gasteiger partial charge in [-0.2, -0.15) is 0 Å². The zero-order valence-electron chi connectivity index (χ0n) is 10.3. The van der Waals surface area contributed by atoms with E-state index in [1.165, 1.54) is 0 Å². The number of hydrogen-bond acceptors (Lipinski definition) is 1. The van der Waals surface area contributed by atoms with E-state index in [0.29, 0.717) is 23.2 Å². The zero-order valence-corrected chi connectivity index (χ0v) is 10.3. The minimum absolute atomic E-state index is 0.195. The minimum Gasteiger partial charge on any atom is -0.393 e. The molecular weight excluding hydrogens is 160 g/mol. The quantitative estimate of drug-likeness (QED) is 0.717. The van der Waals surface area contributed by atoms with Gasteiger partial charge in [-0.3, -0.25) is 0 Å². The van der Waals surface area contributed by atoms with E-state index >= 15 is 0 Å². The lowest BCUT2D eigenvalue weighted by molar-refractivity contribution is 0.0554. The monoisotopic (exact) mass is 186 g/mol. The van der Waals surface area contributed by atoms with Gasteiger partial charge in [-0.15, -0.1) is 0 Å². The molecule has 4 atom stereocenters. The summed E-state index contributed by atoms with van der Waals surface area (Å²) >= 11 is 0. The SMILES string of the molecule is C[C@H]([C@H](C)[C@H](C)C(C)(C)C)[C@H](C)O. The van der Waals surface area contributed by atoms with E-state index in [1.54, 1.807) is 0 Å². The Morgan fingerprint density at radius 2 is 1.23 bits per heavy atom. The fourth-order valence-corrected chi connectivity index (χ4v) is 1.68.